The van der Waals surface area contributed by atoms with Gasteiger partial charge in [-0.25, -0.2) is 0 Å². The van der Waals surface area contributed by atoms with Crippen LogP contribution in [0.15, 0.2) is 40.9 Å². The maximum absolute atomic E-state index is 11.4. The summed E-state index contributed by atoms with van der Waals surface area (Å²) in [5.41, 5.74) is 1.88. The lowest BCUT2D eigenvalue weighted by atomic mass is 9.67. The molecule has 0 spiro atoms. The zero-order valence-electron chi connectivity index (χ0n) is 15.2. The van der Waals surface area contributed by atoms with Crippen molar-refractivity contribution in [3.63, 3.8) is 0 Å². The lowest BCUT2D eigenvalue weighted by molar-refractivity contribution is -0.386. The second-order valence-corrected chi connectivity index (χ2v) is 8.20. The summed E-state index contributed by atoms with van der Waals surface area (Å²) < 4.78 is 12.4. The molecule has 0 saturated carbocycles. The van der Waals surface area contributed by atoms with Gasteiger partial charge in [0, 0.05) is 22.7 Å². The highest BCUT2D eigenvalue weighted by Gasteiger charge is 2.43. The van der Waals surface area contributed by atoms with Crippen molar-refractivity contribution in [3.05, 3.63) is 67.1 Å². The minimum Gasteiger partial charge on any atom is -0.486 e. The van der Waals surface area contributed by atoms with Crippen LogP contribution in [-0.4, -0.2) is 24.7 Å². The van der Waals surface area contributed by atoms with Crippen LogP contribution in [0.25, 0.3) is 0 Å². The first-order valence-corrected chi connectivity index (χ1v) is 9.93. The molecule has 2 atom stereocenters. The largest absolute Gasteiger partial charge is 0.486 e. The number of halogens is 2. The molecule has 2 aromatic carbocycles. The average molecular weight is 455 g/mol. The van der Waals surface area contributed by atoms with Crippen molar-refractivity contribution in [2.24, 2.45) is 0 Å². The standard InChI is InChI=1S/C20H21BrClNO4/c1-13(26-2)20(9-3-4-14-10-16(22)6-7-17(14)20)12-27-19-8-5-15(21)11-18(19)23(24)25/h5-8,10-11,13H,3-4,9,12H2,1-2H3/t13?,20-/m1/s1. The smallest absolute Gasteiger partial charge is 0.312 e. The van der Waals surface area contributed by atoms with Crippen LogP contribution >= 0.6 is 27.5 Å². The number of fused-ring (bicyclic) bond motifs is 1. The molecular formula is C20H21BrClNO4. The van der Waals surface area contributed by atoms with Gasteiger partial charge in [-0.15, -0.1) is 0 Å². The number of aryl methyl sites for hydroxylation is 1. The summed E-state index contributed by atoms with van der Waals surface area (Å²) in [5, 5.41) is 12.1. The van der Waals surface area contributed by atoms with Gasteiger partial charge in [0.15, 0.2) is 5.75 Å². The van der Waals surface area contributed by atoms with E-state index in [1.165, 1.54) is 11.6 Å². The van der Waals surface area contributed by atoms with Gasteiger partial charge < -0.3 is 9.47 Å². The van der Waals surface area contributed by atoms with Gasteiger partial charge in [-0.05, 0) is 61.6 Å². The summed E-state index contributed by atoms with van der Waals surface area (Å²) in [5.74, 6) is 0.256. The number of nitro groups is 1. The van der Waals surface area contributed by atoms with Crippen molar-refractivity contribution in [2.45, 2.75) is 37.7 Å². The predicted octanol–water partition coefficient (Wildman–Crippen LogP) is 5.70. The number of ether oxygens (including phenoxy) is 2. The van der Waals surface area contributed by atoms with Gasteiger partial charge in [0.25, 0.3) is 0 Å². The van der Waals surface area contributed by atoms with Gasteiger partial charge in [0.05, 0.1) is 16.4 Å². The molecule has 5 nitrogen and oxygen atoms in total. The highest BCUT2D eigenvalue weighted by molar-refractivity contribution is 9.10. The molecule has 1 unspecified atom stereocenters. The molecule has 3 rings (SSSR count). The van der Waals surface area contributed by atoms with E-state index in [9.17, 15) is 10.1 Å². The van der Waals surface area contributed by atoms with E-state index >= 15 is 0 Å². The van der Waals surface area contributed by atoms with Crippen molar-refractivity contribution >= 4 is 33.2 Å². The van der Waals surface area contributed by atoms with Crippen LogP contribution in [0.4, 0.5) is 5.69 Å². The molecule has 0 amide bonds. The van der Waals surface area contributed by atoms with Gasteiger partial charge >= 0.3 is 5.69 Å². The summed E-state index contributed by atoms with van der Waals surface area (Å²) in [6.45, 7) is 2.31. The van der Waals surface area contributed by atoms with Crippen LogP contribution in [-0.2, 0) is 16.6 Å². The Kier molecular flexibility index (Phi) is 6.08. The number of hydrogen-bond donors (Lipinski definition) is 0. The lowest BCUT2D eigenvalue weighted by Gasteiger charge is -2.42. The molecule has 0 bridgehead atoms. The van der Waals surface area contributed by atoms with E-state index in [1.807, 2.05) is 25.1 Å². The Hall–Kier alpha value is -1.63. The van der Waals surface area contributed by atoms with Gasteiger partial charge in [-0.3, -0.25) is 10.1 Å². The summed E-state index contributed by atoms with van der Waals surface area (Å²) in [4.78, 5) is 11.0. The molecular weight excluding hydrogens is 434 g/mol. The monoisotopic (exact) mass is 453 g/mol. The fourth-order valence-corrected chi connectivity index (χ4v) is 4.40. The van der Waals surface area contributed by atoms with Crippen LogP contribution in [0, 0.1) is 10.1 Å². The maximum Gasteiger partial charge on any atom is 0.312 e. The van der Waals surface area contributed by atoms with E-state index < -0.39 is 10.3 Å². The zero-order valence-corrected chi connectivity index (χ0v) is 17.5. The molecule has 144 valence electrons. The number of benzene rings is 2. The van der Waals surface area contributed by atoms with Crippen molar-refractivity contribution in [2.75, 3.05) is 13.7 Å². The van der Waals surface area contributed by atoms with Gasteiger partial charge in [0.1, 0.15) is 6.61 Å². The molecule has 0 fully saturated rings. The first kappa shape index (κ1) is 20.1. The third-order valence-corrected chi connectivity index (χ3v) is 6.14. The number of nitrogens with zero attached hydrogens (tertiary/aromatic N) is 1. The van der Waals surface area contributed by atoms with E-state index in [-0.39, 0.29) is 17.5 Å². The van der Waals surface area contributed by atoms with Crippen LogP contribution in [0.5, 0.6) is 5.75 Å². The van der Waals surface area contributed by atoms with Gasteiger partial charge in [-0.2, -0.15) is 0 Å². The highest BCUT2D eigenvalue weighted by Crippen LogP contribution is 2.43. The fraction of sp³-hybridized carbons (Fsp3) is 0.400. The van der Waals surface area contributed by atoms with Crippen LogP contribution in [0.2, 0.25) is 5.02 Å². The Bertz CT molecular complexity index is 860. The topological polar surface area (TPSA) is 61.6 Å². The number of nitro benzene ring substituents is 1. The zero-order chi connectivity index (χ0) is 19.6. The Morgan fingerprint density at radius 1 is 1.33 bits per heavy atom. The molecule has 0 N–H and O–H groups in total. The number of hydrogen-bond acceptors (Lipinski definition) is 4. The van der Waals surface area contributed by atoms with E-state index in [4.69, 9.17) is 21.1 Å². The summed E-state index contributed by atoms with van der Waals surface area (Å²) in [7, 11) is 1.68. The quantitative estimate of drug-likeness (QED) is 0.415. The molecule has 0 saturated heterocycles. The summed E-state index contributed by atoms with van der Waals surface area (Å²) in [6.07, 6.45) is 2.69. The Morgan fingerprint density at radius 2 is 2.11 bits per heavy atom. The second kappa shape index (κ2) is 8.17. The van der Waals surface area contributed by atoms with Crippen LogP contribution < -0.4 is 4.74 Å². The van der Waals surface area contributed by atoms with Crippen LogP contribution in [0.1, 0.15) is 30.9 Å². The van der Waals surface area contributed by atoms with Crippen molar-refractivity contribution in [1.82, 2.24) is 0 Å². The Balaban J connectivity index is 1.99. The average Bonchev–Trinajstić information content (AvgIpc) is 2.65. The predicted molar refractivity (Wildman–Crippen MR) is 109 cm³/mol. The fourth-order valence-electron chi connectivity index (χ4n) is 3.86. The molecule has 0 heterocycles. The molecule has 1 aliphatic rings. The maximum atomic E-state index is 11.4. The minimum absolute atomic E-state index is 0.0586. The highest BCUT2D eigenvalue weighted by atomic mass is 79.9. The minimum atomic E-state index is -0.429. The normalized spacial score (nSPS) is 20.0. The first-order valence-electron chi connectivity index (χ1n) is 8.76. The van der Waals surface area contributed by atoms with Crippen molar-refractivity contribution < 1.29 is 14.4 Å². The molecule has 1 aliphatic carbocycles. The Morgan fingerprint density at radius 3 is 2.81 bits per heavy atom. The molecule has 0 aliphatic heterocycles. The van der Waals surface area contributed by atoms with Gasteiger partial charge in [0.2, 0.25) is 0 Å². The van der Waals surface area contributed by atoms with Crippen molar-refractivity contribution in [3.8, 4) is 5.75 Å². The van der Waals surface area contributed by atoms with E-state index in [0.717, 1.165) is 24.8 Å². The third-order valence-electron chi connectivity index (χ3n) is 5.41. The number of methoxy groups -OCH3 is 1. The third kappa shape index (κ3) is 3.98. The molecule has 0 aromatic heterocycles. The molecule has 27 heavy (non-hydrogen) atoms. The van der Waals surface area contributed by atoms with Gasteiger partial charge in [-0.1, -0.05) is 33.6 Å². The van der Waals surface area contributed by atoms with Crippen LogP contribution in [0.3, 0.4) is 0 Å². The SMILES string of the molecule is COC(C)[C@]1(COc2ccc(Br)cc2[N+](=O)[O-])CCCc2cc(Cl)ccc21. The van der Waals surface area contributed by atoms with E-state index in [2.05, 4.69) is 15.9 Å². The summed E-state index contributed by atoms with van der Waals surface area (Å²) in [6, 6.07) is 10.7. The first-order chi connectivity index (χ1) is 12.9. The van der Waals surface area contributed by atoms with E-state index in [0.29, 0.717) is 16.1 Å². The summed E-state index contributed by atoms with van der Waals surface area (Å²) >= 11 is 9.46. The van der Waals surface area contributed by atoms with Crippen molar-refractivity contribution in [1.29, 1.82) is 0 Å². The number of rotatable bonds is 6. The molecule has 7 heteroatoms. The Labute approximate surface area is 171 Å². The molecule has 2 aromatic rings. The molecule has 0 radical (unpaired) electrons. The lowest BCUT2D eigenvalue weighted by Crippen LogP contribution is -2.46. The second-order valence-electron chi connectivity index (χ2n) is 6.85. The van der Waals surface area contributed by atoms with E-state index in [1.54, 1.807) is 19.2 Å².